The Kier molecular flexibility index (Phi) is 4.77. The van der Waals surface area contributed by atoms with Crippen LogP contribution in [0.5, 0.6) is 5.75 Å². The predicted molar refractivity (Wildman–Crippen MR) is 80.0 cm³/mol. The van der Waals surface area contributed by atoms with Crippen LogP contribution in [0.1, 0.15) is 28.4 Å². The third kappa shape index (κ3) is 3.60. The number of ether oxygens (including phenoxy) is 1. The summed E-state index contributed by atoms with van der Waals surface area (Å²) >= 11 is 0. The number of amides is 1. The van der Waals surface area contributed by atoms with Crippen molar-refractivity contribution in [2.45, 2.75) is 20.4 Å². The fourth-order valence-corrected chi connectivity index (χ4v) is 2.01. The van der Waals surface area contributed by atoms with Crippen molar-refractivity contribution >= 4 is 5.91 Å². The number of carbonyl (C=O) groups is 1. The number of carbonyl (C=O) groups excluding carboxylic acids is 1. The lowest BCUT2D eigenvalue weighted by Crippen LogP contribution is -2.22. The summed E-state index contributed by atoms with van der Waals surface area (Å²) in [5, 5.41) is 2.91. The quantitative estimate of drug-likeness (QED) is 0.904. The normalized spacial score (nSPS) is 10.1. The second kappa shape index (κ2) is 6.75. The molecule has 104 valence electrons. The lowest BCUT2D eigenvalue weighted by molar-refractivity contribution is 0.0951. The third-order valence-corrected chi connectivity index (χ3v) is 3.03. The first-order valence-corrected chi connectivity index (χ1v) is 6.76. The Bertz CT molecular complexity index is 579. The fraction of sp³-hybridized carbons (Fsp3) is 0.235. The Morgan fingerprint density at radius 2 is 1.90 bits per heavy atom. The van der Waals surface area contributed by atoms with Gasteiger partial charge in [0.15, 0.2) is 0 Å². The molecule has 2 aromatic rings. The molecule has 0 spiro atoms. The van der Waals surface area contributed by atoms with Crippen molar-refractivity contribution in [2.75, 3.05) is 6.61 Å². The van der Waals surface area contributed by atoms with Gasteiger partial charge in [-0.05, 0) is 43.2 Å². The first kappa shape index (κ1) is 14.1. The van der Waals surface area contributed by atoms with Gasteiger partial charge in [0.05, 0.1) is 6.61 Å². The van der Waals surface area contributed by atoms with E-state index in [0.717, 1.165) is 16.9 Å². The van der Waals surface area contributed by atoms with Crippen molar-refractivity contribution in [3.8, 4) is 5.75 Å². The largest absolute Gasteiger partial charge is 0.494 e. The van der Waals surface area contributed by atoms with Crippen LogP contribution in [0.15, 0.2) is 48.5 Å². The van der Waals surface area contributed by atoms with Gasteiger partial charge in [-0.3, -0.25) is 4.79 Å². The van der Waals surface area contributed by atoms with Crippen molar-refractivity contribution in [3.05, 3.63) is 65.2 Å². The standard InChI is InChI=1S/C17H19NO2/c1-3-20-16-10-9-14(11-13(16)2)12-18-17(19)15-7-5-4-6-8-15/h4-11H,3,12H2,1-2H3,(H,18,19). The van der Waals surface area contributed by atoms with Gasteiger partial charge in [0.2, 0.25) is 0 Å². The van der Waals surface area contributed by atoms with E-state index < -0.39 is 0 Å². The molecular weight excluding hydrogens is 250 g/mol. The van der Waals surface area contributed by atoms with Crippen LogP contribution in [-0.2, 0) is 6.54 Å². The highest BCUT2D eigenvalue weighted by Gasteiger charge is 2.05. The zero-order chi connectivity index (χ0) is 14.4. The van der Waals surface area contributed by atoms with Crippen molar-refractivity contribution in [3.63, 3.8) is 0 Å². The van der Waals surface area contributed by atoms with Gasteiger partial charge in [-0.15, -0.1) is 0 Å². The molecule has 2 rings (SSSR count). The number of aryl methyl sites for hydroxylation is 1. The molecule has 0 bridgehead atoms. The summed E-state index contributed by atoms with van der Waals surface area (Å²) in [5.74, 6) is 0.836. The number of benzene rings is 2. The molecule has 0 aliphatic heterocycles. The highest BCUT2D eigenvalue weighted by atomic mass is 16.5. The van der Waals surface area contributed by atoms with Gasteiger partial charge in [0, 0.05) is 12.1 Å². The lowest BCUT2D eigenvalue weighted by Gasteiger charge is -2.10. The van der Waals surface area contributed by atoms with Crippen LogP contribution < -0.4 is 10.1 Å². The first-order valence-electron chi connectivity index (χ1n) is 6.76. The smallest absolute Gasteiger partial charge is 0.251 e. The zero-order valence-corrected chi connectivity index (χ0v) is 11.8. The van der Waals surface area contributed by atoms with Crippen LogP contribution in [-0.4, -0.2) is 12.5 Å². The Balaban J connectivity index is 1.97. The van der Waals surface area contributed by atoms with E-state index >= 15 is 0 Å². The summed E-state index contributed by atoms with van der Waals surface area (Å²) in [6, 6.07) is 15.2. The number of rotatable bonds is 5. The molecule has 0 unspecified atom stereocenters. The van der Waals surface area contributed by atoms with Gasteiger partial charge >= 0.3 is 0 Å². The Morgan fingerprint density at radius 3 is 2.55 bits per heavy atom. The first-order chi connectivity index (χ1) is 9.70. The summed E-state index contributed by atoms with van der Waals surface area (Å²) in [5.41, 5.74) is 2.82. The molecule has 0 radical (unpaired) electrons. The molecule has 20 heavy (non-hydrogen) atoms. The lowest BCUT2D eigenvalue weighted by atomic mass is 10.1. The Morgan fingerprint density at radius 1 is 1.15 bits per heavy atom. The van der Waals surface area contributed by atoms with E-state index in [9.17, 15) is 4.79 Å². The van der Waals surface area contributed by atoms with Gasteiger partial charge in [-0.25, -0.2) is 0 Å². The van der Waals surface area contributed by atoms with Crippen LogP contribution in [0.2, 0.25) is 0 Å². The zero-order valence-electron chi connectivity index (χ0n) is 11.8. The van der Waals surface area contributed by atoms with E-state index in [1.807, 2.05) is 50.2 Å². The number of hydrogen-bond donors (Lipinski definition) is 1. The van der Waals surface area contributed by atoms with E-state index in [1.165, 1.54) is 0 Å². The van der Waals surface area contributed by atoms with E-state index in [1.54, 1.807) is 12.1 Å². The van der Waals surface area contributed by atoms with E-state index in [4.69, 9.17) is 4.74 Å². The van der Waals surface area contributed by atoms with E-state index in [0.29, 0.717) is 18.7 Å². The molecule has 3 nitrogen and oxygen atoms in total. The Hall–Kier alpha value is -2.29. The maximum atomic E-state index is 11.9. The average Bonchev–Trinajstić information content (AvgIpc) is 2.48. The Labute approximate surface area is 119 Å². The highest BCUT2D eigenvalue weighted by molar-refractivity contribution is 5.94. The van der Waals surface area contributed by atoms with Crippen LogP contribution in [0, 0.1) is 6.92 Å². The summed E-state index contributed by atoms with van der Waals surface area (Å²) in [7, 11) is 0. The van der Waals surface area contributed by atoms with E-state index in [2.05, 4.69) is 5.32 Å². The van der Waals surface area contributed by atoms with Crippen molar-refractivity contribution in [1.82, 2.24) is 5.32 Å². The van der Waals surface area contributed by atoms with Crippen LogP contribution in [0.25, 0.3) is 0 Å². The minimum atomic E-state index is -0.0582. The molecule has 0 saturated carbocycles. The second-order valence-electron chi connectivity index (χ2n) is 4.58. The number of nitrogens with one attached hydrogen (secondary N) is 1. The molecule has 0 saturated heterocycles. The predicted octanol–water partition coefficient (Wildman–Crippen LogP) is 3.32. The molecule has 0 aliphatic rings. The molecule has 1 amide bonds. The maximum absolute atomic E-state index is 11.9. The van der Waals surface area contributed by atoms with Gasteiger partial charge in [-0.1, -0.05) is 30.3 Å². The topological polar surface area (TPSA) is 38.3 Å². The number of hydrogen-bond acceptors (Lipinski definition) is 2. The van der Waals surface area contributed by atoms with Crippen molar-refractivity contribution in [1.29, 1.82) is 0 Å². The van der Waals surface area contributed by atoms with Gasteiger partial charge < -0.3 is 10.1 Å². The SMILES string of the molecule is CCOc1ccc(CNC(=O)c2ccccc2)cc1C. The third-order valence-electron chi connectivity index (χ3n) is 3.03. The highest BCUT2D eigenvalue weighted by Crippen LogP contribution is 2.19. The van der Waals surface area contributed by atoms with Crippen LogP contribution in [0.3, 0.4) is 0 Å². The van der Waals surface area contributed by atoms with Crippen LogP contribution in [0.4, 0.5) is 0 Å². The minimum Gasteiger partial charge on any atom is -0.494 e. The molecular formula is C17H19NO2. The van der Waals surface area contributed by atoms with Crippen molar-refractivity contribution < 1.29 is 9.53 Å². The van der Waals surface area contributed by atoms with Gasteiger partial charge in [0.1, 0.15) is 5.75 Å². The molecule has 1 N–H and O–H groups in total. The molecule has 0 aliphatic carbocycles. The van der Waals surface area contributed by atoms with Crippen molar-refractivity contribution in [2.24, 2.45) is 0 Å². The minimum absolute atomic E-state index is 0.0582. The summed E-state index contributed by atoms with van der Waals surface area (Å²) in [6.07, 6.45) is 0. The molecule has 0 fully saturated rings. The molecule has 2 aromatic carbocycles. The second-order valence-corrected chi connectivity index (χ2v) is 4.58. The molecule has 0 atom stereocenters. The average molecular weight is 269 g/mol. The monoisotopic (exact) mass is 269 g/mol. The van der Waals surface area contributed by atoms with E-state index in [-0.39, 0.29) is 5.91 Å². The molecule has 0 heterocycles. The maximum Gasteiger partial charge on any atom is 0.251 e. The fourth-order valence-electron chi connectivity index (χ4n) is 2.01. The van der Waals surface area contributed by atoms with Gasteiger partial charge in [0.25, 0.3) is 5.91 Å². The summed E-state index contributed by atoms with van der Waals surface area (Å²) in [6.45, 7) is 5.15. The summed E-state index contributed by atoms with van der Waals surface area (Å²) in [4.78, 5) is 11.9. The molecule has 3 heteroatoms. The molecule has 0 aromatic heterocycles. The summed E-state index contributed by atoms with van der Waals surface area (Å²) < 4.78 is 5.50. The van der Waals surface area contributed by atoms with Gasteiger partial charge in [-0.2, -0.15) is 0 Å². The van der Waals surface area contributed by atoms with Crippen LogP contribution >= 0.6 is 0 Å².